The van der Waals surface area contributed by atoms with E-state index < -0.39 is 8.32 Å². The molecule has 182 valence electrons. The number of benzene rings is 2. The maximum atomic E-state index is 11.6. The lowest BCUT2D eigenvalue weighted by Crippen LogP contribution is -2.66. The highest BCUT2D eigenvalue weighted by Gasteiger charge is 2.49. The quantitative estimate of drug-likeness (QED) is 0.120. The normalized spacial score (nSPS) is 14.6. The van der Waals surface area contributed by atoms with Gasteiger partial charge in [-0.3, -0.25) is 0 Å². The van der Waals surface area contributed by atoms with Crippen molar-refractivity contribution < 1.29 is 14.0 Å². The van der Waals surface area contributed by atoms with Gasteiger partial charge in [0.15, 0.2) is 0 Å². The molecule has 0 unspecified atom stereocenters. The highest BCUT2D eigenvalue weighted by molar-refractivity contribution is 6.99. The summed E-state index contributed by atoms with van der Waals surface area (Å²) in [4.78, 5) is 11.6. The van der Waals surface area contributed by atoms with E-state index in [4.69, 9.17) is 9.16 Å². The van der Waals surface area contributed by atoms with E-state index in [2.05, 4.69) is 94.1 Å². The first-order chi connectivity index (χ1) is 16.3. The molecule has 0 N–H and O–H groups in total. The van der Waals surface area contributed by atoms with E-state index in [1.165, 1.54) is 35.9 Å². The second-order valence-electron chi connectivity index (χ2n) is 10.3. The maximum Gasteiger partial charge on any atom is 0.333 e. The van der Waals surface area contributed by atoms with Crippen molar-refractivity contribution >= 4 is 24.7 Å². The largest absolute Gasteiger partial charge is 0.466 e. The van der Waals surface area contributed by atoms with Crippen LogP contribution in [-0.4, -0.2) is 28.0 Å². The Kier molecular flexibility index (Phi) is 9.09. The molecule has 1 saturated carbocycles. The van der Waals surface area contributed by atoms with E-state index in [-0.39, 0.29) is 11.0 Å². The average Bonchev–Trinajstić information content (AvgIpc) is 3.68. The van der Waals surface area contributed by atoms with Crippen molar-refractivity contribution in [3.63, 3.8) is 0 Å². The van der Waals surface area contributed by atoms with Gasteiger partial charge in [-0.05, 0) is 59.9 Å². The van der Waals surface area contributed by atoms with Crippen LogP contribution >= 0.6 is 0 Å². The second kappa shape index (κ2) is 11.8. The number of carbonyl (C=O) groups excluding carboxylic acids is 1. The highest BCUT2D eigenvalue weighted by atomic mass is 28.4. The fourth-order valence-electron chi connectivity index (χ4n) is 4.87. The van der Waals surface area contributed by atoms with Crippen LogP contribution in [0.1, 0.15) is 59.3 Å². The summed E-state index contributed by atoms with van der Waals surface area (Å²) in [5.41, 5.74) is 2.06. The molecular weight excluding hydrogens is 436 g/mol. The number of esters is 1. The predicted octanol–water partition coefficient (Wildman–Crippen LogP) is 6.19. The number of rotatable bonds is 12. The van der Waals surface area contributed by atoms with Gasteiger partial charge in [0, 0.05) is 12.2 Å². The zero-order valence-corrected chi connectivity index (χ0v) is 22.3. The van der Waals surface area contributed by atoms with Crippen molar-refractivity contribution in [2.24, 2.45) is 5.92 Å². The summed E-state index contributed by atoms with van der Waals surface area (Å²) >= 11 is 0. The minimum atomic E-state index is -2.47. The molecule has 0 spiro atoms. The van der Waals surface area contributed by atoms with Crippen LogP contribution in [-0.2, 0) is 14.0 Å². The third-order valence-corrected chi connectivity index (χ3v) is 11.8. The molecule has 0 aliphatic heterocycles. The molecule has 4 heteroatoms. The number of methoxy groups -OCH3 is 1. The van der Waals surface area contributed by atoms with Gasteiger partial charge in [-0.2, -0.15) is 0 Å². The van der Waals surface area contributed by atoms with Crippen LogP contribution in [0.15, 0.2) is 84.5 Å². The zero-order valence-electron chi connectivity index (χ0n) is 21.3. The molecule has 2 aromatic rings. The molecule has 3 rings (SSSR count). The van der Waals surface area contributed by atoms with Crippen molar-refractivity contribution in [3.05, 3.63) is 84.5 Å². The van der Waals surface area contributed by atoms with Gasteiger partial charge in [0.1, 0.15) is 0 Å². The highest BCUT2D eigenvalue weighted by Crippen LogP contribution is 2.40. The van der Waals surface area contributed by atoms with Gasteiger partial charge in [0.25, 0.3) is 8.32 Å². The van der Waals surface area contributed by atoms with Crippen LogP contribution < -0.4 is 10.4 Å². The van der Waals surface area contributed by atoms with Crippen molar-refractivity contribution in [2.75, 3.05) is 13.7 Å². The summed E-state index contributed by atoms with van der Waals surface area (Å²) in [6, 6.07) is 21.7. The fraction of sp³-hybridized carbons (Fsp3) is 0.433. The third-order valence-electron chi connectivity index (χ3n) is 6.77. The maximum absolute atomic E-state index is 11.6. The van der Waals surface area contributed by atoms with Gasteiger partial charge >= 0.3 is 5.97 Å². The van der Waals surface area contributed by atoms with Crippen LogP contribution in [0.5, 0.6) is 0 Å². The summed E-state index contributed by atoms with van der Waals surface area (Å²) in [6.45, 7) is 11.6. The summed E-state index contributed by atoms with van der Waals surface area (Å²) in [5, 5.41) is 2.65. The van der Waals surface area contributed by atoms with E-state index in [1.54, 1.807) is 0 Å². The molecule has 1 fully saturated rings. The van der Waals surface area contributed by atoms with Gasteiger partial charge in [0.2, 0.25) is 0 Å². The van der Waals surface area contributed by atoms with Gasteiger partial charge in [0.05, 0.1) is 7.11 Å². The summed E-state index contributed by atoms with van der Waals surface area (Å²) < 4.78 is 11.8. The number of allylic oxidation sites excluding steroid dienone is 2. The molecule has 1 aliphatic rings. The molecule has 3 nitrogen and oxygen atoms in total. The summed E-state index contributed by atoms with van der Waals surface area (Å²) in [5.74, 6) is 0.402. The molecule has 2 aromatic carbocycles. The van der Waals surface area contributed by atoms with Gasteiger partial charge in [-0.15, -0.1) is 0 Å². The monoisotopic (exact) mass is 476 g/mol. The van der Waals surface area contributed by atoms with Crippen molar-refractivity contribution in [1.82, 2.24) is 0 Å². The molecule has 0 heterocycles. The molecule has 1 aliphatic carbocycles. The van der Waals surface area contributed by atoms with Crippen LogP contribution in [0.4, 0.5) is 0 Å². The first-order valence-electron chi connectivity index (χ1n) is 12.5. The zero-order chi connectivity index (χ0) is 24.6. The van der Waals surface area contributed by atoms with Crippen molar-refractivity contribution in [1.29, 1.82) is 0 Å². The first kappa shape index (κ1) is 26.2. The topological polar surface area (TPSA) is 35.5 Å². The van der Waals surface area contributed by atoms with E-state index >= 15 is 0 Å². The van der Waals surface area contributed by atoms with Gasteiger partial charge < -0.3 is 9.16 Å². The Hall–Kier alpha value is -2.43. The van der Waals surface area contributed by atoms with Crippen LogP contribution in [0.2, 0.25) is 5.04 Å². The molecule has 34 heavy (non-hydrogen) atoms. The van der Waals surface area contributed by atoms with E-state index in [9.17, 15) is 4.79 Å². The Labute approximate surface area is 207 Å². The molecule has 0 bridgehead atoms. The smallest absolute Gasteiger partial charge is 0.333 e. The molecule has 0 radical (unpaired) electrons. The van der Waals surface area contributed by atoms with E-state index in [0.717, 1.165) is 25.9 Å². The van der Waals surface area contributed by atoms with Gasteiger partial charge in [-0.1, -0.05) is 99.7 Å². The Bertz CT molecular complexity index is 930. The Balaban J connectivity index is 1.71. The number of hydrogen-bond acceptors (Lipinski definition) is 3. The average molecular weight is 477 g/mol. The van der Waals surface area contributed by atoms with Crippen LogP contribution in [0, 0.1) is 5.92 Å². The van der Waals surface area contributed by atoms with Crippen LogP contribution in [0.25, 0.3) is 0 Å². The molecule has 0 aromatic heterocycles. The minimum absolute atomic E-state index is 0.000877. The van der Waals surface area contributed by atoms with E-state index in [0.29, 0.717) is 17.9 Å². The number of hydrogen-bond donors (Lipinski definition) is 0. The summed E-state index contributed by atoms with van der Waals surface area (Å²) in [7, 11) is -1.06. The van der Waals surface area contributed by atoms with Crippen LogP contribution in [0.3, 0.4) is 0 Å². The fourth-order valence-corrected chi connectivity index (χ4v) is 9.47. The Morgan fingerprint density at radius 1 is 1.00 bits per heavy atom. The lowest BCUT2D eigenvalue weighted by atomic mass is 10.0. The SMILES string of the molecule is C=C(CCC=C(CCCO[Si](c1ccccc1)(c1ccccc1)C(C)(C)C)C1CC1)C(=O)OC. The number of carbonyl (C=O) groups is 1. The molecule has 0 saturated heterocycles. The molecule has 0 atom stereocenters. The second-order valence-corrected chi connectivity index (χ2v) is 14.6. The molecular formula is C30H40O3Si. The third kappa shape index (κ3) is 6.37. The summed E-state index contributed by atoms with van der Waals surface area (Å²) in [6.07, 6.45) is 8.43. The van der Waals surface area contributed by atoms with Crippen molar-refractivity contribution in [2.45, 2.75) is 64.3 Å². The predicted molar refractivity (Wildman–Crippen MR) is 144 cm³/mol. The Morgan fingerprint density at radius 3 is 2.03 bits per heavy atom. The molecule has 0 amide bonds. The minimum Gasteiger partial charge on any atom is -0.466 e. The van der Waals surface area contributed by atoms with Crippen molar-refractivity contribution in [3.8, 4) is 0 Å². The first-order valence-corrected chi connectivity index (χ1v) is 14.4. The lowest BCUT2D eigenvalue weighted by Gasteiger charge is -2.43. The Morgan fingerprint density at radius 2 is 1.56 bits per heavy atom. The lowest BCUT2D eigenvalue weighted by molar-refractivity contribution is -0.136. The standard InChI is InChI=1S/C30H40O3Si/c1-24(29(31)32-5)14-12-15-25(26-21-22-26)16-13-23-33-34(30(2,3)4,27-17-8-6-9-18-27)28-19-10-7-11-20-28/h6-11,15,17-20,26H,1,12-14,16,21-23H2,2-5H3. The van der Waals surface area contributed by atoms with E-state index in [1.807, 2.05) is 0 Å². The number of ether oxygens (including phenoxy) is 1. The van der Waals surface area contributed by atoms with Gasteiger partial charge in [-0.25, -0.2) is 4.79 Å².